The van der Waals surface area contributed by atoms with Crippen molar-refractivity contribution in [3.8, 4) is 39.5 Å². The Bertz CT molecular complexity index is 2090. The first-order valence-corrected chi connectivity index (χ1v) is 24.7. The molecule has 68 heavy (non-hydrogen) atoms. The van der Waals surface area contributed by atoms with Crippen molar-refractivity contribution < 1.29 is 28.4 Å². The summed E-state index contributed by atoms with van der Waals surface area (Å²) in [5, 5.41) is 0. The first-order chi connectivity index (χ1) is 33.4. The van der Waals surface area contributed by atoms with Gasteiger partial charge in [0, 0.05) is 0 Å². The molecule has 3 heterocycles. The lowest BCUT2D eigenvalue weighted by Crippen LogP contribution is -2.03. The normalized spacial score (nSPS) is 15.3. The molecule has 0 amide bonds. The number of epoxide rings is 3. The maximum absolute atomic E-state index is 5.40. The molecule has 0 aromatic heterocycles. The van der Waals surface area contributed by atoms with E-state index in [9.17, 15) is 0 Å². The summed E-state index contributed by atoms with van der Waals surface area (Å²) in [5.41, 5.74) is 9.38. The Balaban J connectivity index is 0.000000183. The summed E-state index contributed by atoms with van der Waals surface area (Å²) in [7, 11) is 0. The highest BCUT2D eigenvalue weighted by Crippen LogP contribution is 2.23. The molecule has 0 aliphatic carbocycles. The molecule has 0 radical (unpaired) electrons. The van der Waals surface area contributed by atoms with Gasteiger partial charge in [0.05, 0.1) is 19.8 Å². The van der Waals surface area contributed by atoms with Crippen molar-refractivity contribution in [1.82, 2.24) is 0 Å². The van der Waals surface area contributed by atoms with Gasteiger partial charge in [0.25, 0.3) is 0 Å². The number of ether oxygens (including phenoxy) is 6. The SMILES string of the molecule is CC.CC.CC(C)c1ccc(-c2ccccc2)cc1.CCc1ccc(-c2ccc(CC)cc2)cc1.c1ccc(OCC2CO2)cc1.c1ccc(OCC2CO2)cc1.c1ccc(OCC2CO2)cc1. The number of benzene rings is 7. The minimum absolute atomic E-state index is 0.343. The van der Waals surface area contributed by atoms with Gasteiger partial charge in [0.1, 0.15) is 55.4 Å². The molecule has 6 heteroatoms. The zero-order valence-corrected chi connectivity index (χ0v) is 41.9. The lowest BCUT2D eigenvalue weighted by molar-refractivity contribution is 0.263. The average molecular weight is 917 g/mol. The van der Waals surface area contributed by atoms with Crippen LogP contribution in [-0.4, -0.2) is 58.0 Å². The first kappa shape index (κ1) is 54.4. The molecule has 10 rings (SSSR count). The highest BCUT2D eigenvalue weighted by Gasteiger charge is 2.24. The van der Waals surface area contributed by atoms with Crippen LogP contribution in [0.3, 0.4) is 0 Å². The van der Waals surface area contributed by atoms with Crippen molar-refractivity contribution in [2.24, 2.45) is 0 Å². The topological polar surface area (TPSA) is 65.3 Å². The molecule has 3 unspecified atom stereocenters. The van der Waals surface area contributed by atoms with E-state index in [2.05, 4.69) is 125 Å². The van der Waals surface area contributed by atoms with Gasteiger partial charge in [-0.1, -0.05) is 213 Å². The standard InChI is InChI=1S/C16H18.C15H16.3C9H10O2.2C2H6/c1-3-13-5-9-15(10-6-13)16-11-7-14(4-2)8-12-16;1-12(2)13-8-10-15(11-9-13)14-6-4-3-5-7-14;3*1-2-4-8(5-3-1)10-6-9-7-11-9;2*1-2/h5-12H,3-4H2,1-2H3;3-12H,1-2H3;3*1-5,9H,6-7H2;2*1-2H3. The summed E-state index contributed by atoms with van der Waals surface area (Å²) in [5.74, 6) is 3.36. The fourth-order valence-corrected chi connectivity index (χ4v) is 6.17. The first-order valence-electron chi connectivity index (χ1n) is 24.7. The van der Waals surface area contributed by atoms with Crippen molar-refractivity contribution in [3.05, 3.63) is 211 Å². The van der Waals surface area contributed by atoms with Crippen molar-refractivity contribution in [3.63, 3.8) is 0 Å². The summed E-state index contributed by atoms with van der Waals surface area (Å²) in [4.78, 5) is 0. The van der Waals surface area contributed by atoms with Gasteiger partial charge in [0.15, 0.2) is 0 Å². The van der Waals surface area contributed by atoms with E-state index in [0.29, 0.717) is 44.1 Å². The Labute approximate surface area is 409 Å². The summed E-state index contributed by atoms with van der Waals surface area (Å²) in [6, 6.07) is 66.4. The van der Waals surface area contributed by atoms with E-state index >= 15 is 0 Å². The molecule has 0 saturated carbocycles. The molecular formula is C62H76O6. The second-order valence-electron chi connectivity index (χ2n) is 16.0. The van der Waals surface area contributed by atoms with Crippen LogP contribution in [0.25, 0.3) is 22.3 Å². The molecule has 3 fully saturated rings. The van der Waals surface area contributed by atoms with Crippen LogP contribution >= 0.6 is 0 Å². The van der Waals surface area contributed by atoms with Crippen LogP contribution in [-0.2, 0) is 27.1 Å². The maximum Gasteiger partial charge on any atom is 0.119 e. The smallest absolute Gasteiger partial charge is 0.119 e. The third kappa shape index (κ3) is 22.5. The number of hydrogen-bond acceptors (Lipinski definition) is 6. The lowest BCUT2D eigenvalue weighted by atomic mass is 9.99. The molecule has 0 spiro atoms. The van der Waals surface area contributed by atoms with Gasteiger partial charge < -0.3 is 28.4 Å². The van der Waals surface area contributed by atoms with Crippen LogP contribution in [0.1, 0.15) is 78.0 Å². The Morgan fingerprint density at radius 1 is 0.368 bits per heavy atom. The van der Waals surface area contributed by atoms with Gasteiger partial charge >= 0.3 is 0 Å². The van der Waals surface area contributed by atoms with Crippen molar-refractivity contribution in [1.29, 1.82) is 0 Å². The third-order valence-electron chi connectivity index (χ3n) is 10.5. The summed E-state index contributed by atoms with van der Waals surface area (Å²) in [6.07, 6.45) is 3.24. The maximum atomic E-state index is 5.40. The van der Waals surface area contributed by atoms with E-state index in [1.807, 2.05) is 125 Å². The molecule has 0 bridgehead atoms. The van der Waals surface area contributed by atoms with Gasteiger partial charge in [0.2, 0.25) is 0 Å². The Hall–Kier alpha value is -6.18. The van der Waals surface area contributed by atoms with Crippen LogP contribution < -0.4 is 14.2 Å². The van der Waals surface area contributed by atoms with Crippen LogP contribution in [0.4, 0.5) is 0 Å². The molecule has 3 aliphatic rings. The summed E-state index contributed by atoms with van der Waals surface area (Å²) in [6.45, 7) is 21.4. The van der Waals surface area contributed by atoms with Crippen LogP contribution in [0.5, 0.6) is 17.2 Å². The van der Waals surface area contributed by atoms with E-state index in [-0.39, 0.29) is 0 Å². The Morgan fingerprint density at radius 2 is 0.618 bits per heavy atom. The number of hydrogen-bond donors (Lipinski definition) is 0. The number of rotatable bonds is 14. The Morgan fingerprint density at radius 3 is 0.868 bits per heavy atom. The second-order valence-corrected chi connectivity index (χ2v) is 16.0. The summed E-state index contributed by atoms with van der Waals surface area (Å²) >= 11 is 0. The van der Waals surface area contributed by atoms with Gasteiger partial charge in [-0.15, -0.1) is 0 Å². The largest absolute Gasteiger partial charge is 0.491 e. The molecule has 7 aromatic carbocycles. The predicted octanol–water partition coefficient (Wildman–Crippen LogP) is 15.4. The fourth-order valence-electron chi connectivity index (χ4n) is 6.17. The van der Waals surface area contributed by atoms with Crippen LogP contribution in [0, 0.1) is 0 Å². The molecule has 3 aliphatic heterocycles. The van der Waals surface area contributed by atoms with E-state index in [1.54, 1.807) is 0 Å². The molecule has 3 atom stereocenters. The molecular weight excluding hydrogens is 841 g/mol. The average Bonchev–Trinajstić information content (AvgIpc) is 4.27. The Kier molecular flexibility index (Phi) is 26.0. The highest BCUT2D eigenvalue weighted by molar-refractivity contribution is 5.64. The quantitative estimate of drug-likeness (QED) is 0.101. The van der Waals surface area contributed by atoms with E-state index < -0.39 is 0 Å². The molecule has 7 aromatic rings. The van der Waals surface area contributed by atoms with Crippen molar-refractivity contribution >= 4 is 0 Å². The lowest BCUT2D eigenvalue weighted by Gasteiger charge is -2.06. The van der Waals surface area contributed by atoms with Crippen molar-refractivity contribution in [2.45, 2.75) is 92.5 Å². The van der Waals surface area contributed by atoms with Gasteiger partial charge in [-0.25, -0.2) is 0 Å². The highest BCUT2D eigenvalue weighted by atomic mass is 16.6. The predicted molar refractivity (Wildman–Crippen MR) is 284 cm³/mol. The molecule has 3 saturated heterocycles. The summed E-state index contributed by atoms with van der Waals surface area (Å²) < 4.78 is 31.2. The molecule has 6 nitrogen and oxygen atoms in total. The zero-order valence-electron chi connectivity index (χ0n) is 41.9. The minimum Gasteiger partial charge on any atom is -0.491 e. The van der Waals surface area contributed by atoms with Gasteiger partial charge in [-0.3, -0.25) is 0 Å². The molecule has 360 valence electrons. The number of aryl methyl sites for hydroxylation is 2. The second kappa shape index (κ2) is 32.5. The van der Waals surface area contributed by atoms with Crippen LogP contribution in [0.2, 0.25) is 0 Å². The van der Waals surface area contributed by atoms with Crippen molar-refractivity contribution in [2.75, 3.05) is 39.6 Å². The van der Waals surface area contributed by atoms with E-state index in [0.717, 1.165) is 49.9 Å². The van der Waals surface area contributed by atoms with Gasteiger partial charge in [-0.2, -0.15) is 0 Å². The molecule has 0 N–H and O–H groups in total. The number of para-hydroxylation sites is 3. The fraction of sp³-hybridized carbons (Fsp3) is 0.323. The minimum atomic E-state index is 0.343. The van der Waals surface area contributed by atoms with Gasteiger partial charge in [-0.05, 0) is 94.1 Å². The zero-order chi connectivity index (χ0) is 48.6. The monoisotopic (exact) mass is 917 g/mol. The van der Waals surface area contributed by atoms with E-state index in [4.69, 9.17) is 28.4 Å². The van der Waals surface area contributed by atoms with Crippen LogP contribution in [0.15, 0.2) is 194 Å². The van der Waals surface area contributed by atoms with E-state index in [1.165, 1.54) is 38.9 Å². The third-order valence-corrected chi connectivity index (χ3v) is 10.5.